The molecule has 0 saturated carbocycles. The topological polar surface area (TPSA) is 197 Å². The maximum absolute atomic E-state index is 10.5. The maximum Gasteiger partial charge on any atom is 0.200 e. The zero-order valence-corrected chi connectivity index (χ0v) is 23.5. The highest BCUT2D eigenvalue weighted by atomic mass is 16.7. The molecule has 0 aromatic heterocycles. The van der Waals surface area contributed by atoms with Gasteiger partial charge in [0.1, 0.15) is 24.4 Å². The molecular weight excluding hydrogens is 544 g/mol. The molecule has 1 aliphatic heterocycles. The zero-order chi connectivity index (χ0) is 30.3. The summed E-state index contributed by atoms with van der Waals surface area (Å²) in [4.78, 5) is 0. The van der Waals surface area contributed by atoms with Crippen LogP contribution in [-0.4, -0.2) is 115 Å². The van der Waals surface area contributed by atoms with Gasteiger partial charge in [0.05, 0.1) is 41.7 Å². The fourth-order valence-corrected chi connectivity index (χ4v) is 4.90. The van der Waals surface area contributed by atoms with Crippen LogP contribution in [0.5, 0.6) is 34.5 Å². The Balaban J connectivity index is 1.93. The molecule has 0 unspecified atom stereocenters. The number of phenolic OH excluding ortho intramolecular Hbond substituents is 2. The minimum atomic E-state index is -1.61. The average molecular weight is 585 g/mol. The van der Waals surface area contributed by atoms with Gasteiger partial charge in [0.15, 0.2) is 29.3 Å². The predicted octanol–water partition coefficient (Wildman–Crippen LogP) is -0.0414. The van der Waals surface area contributed by atoms with Crippen molar-refractivity contribution in [1.82, 2.24) is 0 Å². The van der Waals surface area contributed by atoms with Gasteiger partial charge in [0.2, 0.25) is 11.5 Å². The molecule has 0 aliphatic carbocycles. The van der Waals surface area contributed by atoms with Gasteiger partial charge in [-0.2, -0.15) is 0 Å². The second-order valence-corrected chi connectivity index (χ2v) is 9.84. The number of phenols is 2. The summed E-state index contributed by atoms with van der Waals surface area (Å²) >= 11 is 0. The lowest BCUT2D eigenvalue weighted by Gasteiger charge is -2.40. The van der Waals surface area contributed by atoms with Crippen LogP contribution in [0.4, 0.5) is 0 Å². The molecule has 3 rings (SSSR count). The Labute approximate surface area is 238 Å². The van der Waals surface area contributed by atoms with Gasteiger partial charge in [-0.25, -0.2) is 0 Å². The van der Waals surface area contributed by atoms with Crippen LogP contribution >= 0.6 is 0 Å². The first-order valence-electron chi connectivity index (χ1n) is 13.0. The second kappa shape index (κ2) is 14.7. The highest BCUT2D eigenvalue weighted by molar-refractivity contribution is 5.53. The van der Waals surface area contributed by atoms with E-state index in [1.807, 2.05) is 0 Å². The van der Waals surface area contributed by atoms with Gasteiger partial charge in [0, 0.05) is 6.61 Å². The highest BCUT2D eigenvalue weighted by Gasteiger charge is 2.44. The van der Waals surface area contributed by atoms with E-state index in [-0.39, 0.29) is 54.1 Å². The Hall–Kier alpha value is -3.04. The Morgan fingerprint density at radius 2 is 1.12 bits per heavy atom. The van der Waals surface area contributed by atoms with Crippen LogP contribution in [0.3, 0.4) is 0 Å². The lowest BCUT2D eigenvalue weighted by atomic mass is 9.83. The molecule has 1 fully saturated rings. The zero-order valence-electron chi connectivity index (χ0n) is 23.5. The number of hydrogen-bond acceptors (Lipinski definition) is 13. The number of aromatic hydroxyl groups is 2. The SMILES string of the molecule is COc1cc(C[C@H](CO)[C@@H](CO[C@@H]2O[C@H](CO)[C@@H](O)[C@H](O)[C@H]2O)Cc2cc(OC)c(O)c(OC)c2)cc(OC)c1O. The Morgan fingerprint density at radius 3 is 1.51 bits per heavy atom. The van der Waals surface area contributed by atoms with Crippen molar-refractivity contribution in [3.05, 3.63) is 35.4 Å². The number of aliphatic hydroxyl groups excluding tert-OH is 5. The molecule has 41 heavy (non-hydrogen) atoms. The Bertz CT molecular complexity index is 1070. The monoisotopic (exact) mass is 584 g/mol. The van der Waals surface area contributed by atoms with E-state index >= 15 is 0 Å². The summed E-state index contributed by atoms with van der Waals surface area (Å²) in [5.74, 6) is -0.513. The summed E-state index contributed by atoms with van der Waals surface area (Å²) in [5, 5.41) is 71.4. The molecule has 1 aliphatic rings. The fourth-order valence-electron chi connectivity index (χ4n) is 4.90. The van der Waals surface area contributed by atoms with Crippen LogP contribution in [0.2, 0.25) is 0 Å². The minimum absolute atomic E-state index is 0.0915. The van der Waals surface area contributed by atoms with E-state index in [4.69, 9.17) is 28.4 Å². The summed E-state index contributed by atoms with van der Waals surface area (Å²) in [6.45, 7) is -0.989. The van der Waals surface area contributed by atoms with Crippen LogP contribution < -0.4 is 18.9 Å². The van der Waals surface area contributed by atoms with Gasteiger partial charge < -0.3 is 64.2 Å². The number of methoxy groups -OCH3 is 4. The summed E-state index contributed by atoms with van der Waals surface area (Å²) < 4.78 is 32.5. The number of aliphatic hydroxyl groups is 5. The summed E-state index contributed by atoms with van der Waals surface area (Å²) in [6.07, 6.45) is -6.69. The van der Waals surface area contributed by atoms with Crippen LogP contribution in [0.1, 0.15) is 11.1 Å². The van der Waals surface area contributed by atoms with Gasteiger partial charge >= 0.3 is 0 Å². The van der Waals surface area contributed by atoms with Crippen LogP contribution in [0.25, 0.3) is 0 Å². The summed E-state index contributed by atoms with van der Waals surface area (Å²) in [7, 11) is 5.62. The molecule has 0 amide bonds. The molecule has 7 atom stereocenters. The third-order valence-corrected chi connectivity index (χ3v) is 7.30. The summed E-state index contributed by atoms with van der Waals surface area (Å²) in [6, 6.07) is 6.50. The quantitative estimate of drug-likeness (QED) is 0.156. The van der Waals surface area contributed by atoms with Crippen LogP contribution in [-0.2, 0) is 22.3 Å². The molecule has 230 valence electrons. The first-order chi connectivity index (χ1) is 19.6. The minimum Gasteiger partial charge on any atom is -0.502 e. The van der Waals surface area contributed by atoms with Crippen LogP contribution in [0.15, 0.2) is 24.3 Å². The van der Waals surface area contributed by atoms with E-state index in [1.165, 1.54) is 28.4 Å². The maximum atomic E-state index is 10.5. The molecule has 0 radical (unpaired) electrons. The fraction of sp³-hybridized carbons (Fsp3) is 0.571. The predicted molar refractivity (Wildman–Crippen MR) is 144 cm³/mol. The first-order valence-corrected chi connectivity index (χ1v) is 13.0. The molecule has 2 aromatic carbocycles. The van der Waals surface area contributed by atoms with Crippen LogP contribution in [0, 0.1) is 11.8 Å². The largest absolute Gasteiger partial charge is 0.502 e. The van der Waals surface area contributed by atoms with Crippen molar-refractivity contribution in [3.63, 3.8) is 0 Å². The molecule has 0 spiro atoms. The number of benzene rings is 2. The van der Waals surface area contributed by atoms with E-state index in [2.05, 4.69) is 0 Å². The van der Waals surface area contributed by atoms with E-state index in [0.29, 0.717) is 17.5 Å². The van der Waals surface area contributed by atoms with E-state index in [0.717, 1.165) is 0 Å². The van der Waals surface area contributed by atoms with Gasteiger partial charge in [-0.15, -0.1) is 0 Å². The molecule has 1 heterocycles. The van der Waals surface area contributed by atoms with Gasteiger partial charge in [-0.3, -0.25) is 0 Å². The molecule has 13 heteroatoms. The van der Waals surface area contributed by atoms with E-state index < -0.39 is 49.1 Å². The number of ether oxygens (including phenoxy) is 6. The van der Waals surface area contributed by atoms with Crippen molar-refractivity contribution in [1.29, 1.82) is 0 Å². The molecule has 7 N–H and O–H groups in total. The lowest BCUT2D eigenvalue weighted by molar-refractivity contribution is -0.304. The highest BCUT2D eigenvalue weighted by Crippen LogP contribution is 2.40. The molecule has 1 saturated heterocycles. The van der Waals surface area contributed by atoms with Crippen molar-refractivity contribution >= 4 is 0 Å². The molecule has 0 bridgehead atoms. The molecular formula is C28H40O13. The third kappa shape index (κ3) is 7.43. The van der Waals surface area contributed by atoms with Crippen molar-refractivity contribution in [2.75, 3.05) is 48.3 Å². The van der Waals surface area contributed by atoms with Crippen molar-refractivity contribution in [2.45, 2.75) is 43.5 Å². The molecule has 13 nitrogen and oxygen atoms in total. The summed E-state index contributed by atoms with van der Waals surface area (Å²) in [5.41, 5.74) is 1.37. The number of hydrogen-bond donors (Lipinski definition) is 7. The van der Waals surface area contributed by atoms with E-state index in [1.54, 1.807) is 24.3 Å². The second-order valence-electron chi connectivity index (χ2n) is 9.84. The van der Waals surface area contributed by atoms with Gasteiger partial charge in [0.25, 0.3) is 0 Å². The van der Waals surface area contributed by atoms with Gasteiger partial charge in [-0.05, 0) is 60.1 Å². The average Bonchev–Trinajstić information content (AvgIpc) is 2.98. The smallest absolute Gasteiger partial charge is 0.200 e. The van der Waals surface area contributed by atoms with Crippen molar-refractivity contribution in [2.24, 2.45) is 11.8 Å². The lowest BCUT2D eigenvalue weighted by Crippen LogP contribution is -2.59. The standard InChI is InChI=1S/C28H40O13/c1-36-18-7-14(8-19(37-2)23(18)31)5-16(11-29)17(6-15-9-20(38-3)24(32)21(10-15)39-4)13-40-28-27(35)26(34)25(33)22(12-30)41-28/h7-10,16-17,22,25-35H,5-6,11-13H2,1-4H3/t16-,17-,22-,25-,26+,27-,28-/m1/s1. The third-order valence-electron chi connectivity index (χ3n) is 7.30. The van der Waals surface area contributed by atoms with Crippen molar-refractivity contribution < 1.29 is 64.2 Å². The Morgan fingerprint density at radius 1 is 0.683 bits per heavy atom. The first kappa shape index (κ1) is 32.5. The molecule has 2 aromatic rings. The van der Waals surface area contributed by atoms with Crippen molar-refractivity contribution in [3.8, 4) is 34.5 Å². The van der Waals surface area contributed by atoms with Gasteiger partial charge in [-0.1, -0.05) is 0 Å². The van der Waals surface area contributed by atoms with E-state index in [9.17, 15) is 35.7 Å². The number of rotatable bonds is 14. The normalized spacial score (nSPS) is 24.0. The Kier molecular flexibility index (Phi) is 11.7.